The molecule has 0 spiro atoms. The number of hydrogen-bond donors (Lipinski definition) is 2. The Balaban J connectivity index is 2.29. The largest absolute Gasteiger partial charge is 0.387 e. The van der Waals surface area contributed by atoms with Gasteiger partial charge in [0, 0.05) is 19.8 Å². The molecule has 0 bridgehead atoms. The third kappa shape index (κ3) is 5.17. The number of aliphatic hydroxyl groups excluding tert-OH is 1. The van der Waals surface area contributed by atoms with Gasteiger partial charge < -0.3 is 15.2 Å². The van der Waals surface area contributed by atoms with Gasteiger partial charge in [-0.05, 0) is 44.9 Å². The van der Waals surface area contributed by atoms with Crippen LogP contribution in [0.4, 0.5) is 0 Å². The predicted molar refractivity (Wildman–Crippen MR) is 74.9 cm³/mol. The van der Waals surface area contributed by atoms with Gasteiger partial charge in [-0.25, -0.2) is 0 Å². The van der Waals surface area contributed by atoms with Gasteiger partial charge in [-0.15, -0.1) is 0 Å². The average Bonchev–Trinajstić information content (AvgIpc) is 2.33. The minimum Gasteiger partial charge on any atom is -0.387 e. The summed E-state index contributed by atoms with van der Waals surface area (Å²) in [6.45, 7) is 9.12. The minimum absolute atomic E-state index is 0.433. The second-order valence-electron chi connectivity index (χ2n) is 4.63. The van der Waals surface area contributed by atoms with E-state index in [1.807, 2.05) is 26.0 Å². The lowest BCUT2D eigenvalue weighted by Crippen LogP contribution is -2.23. The summed E-state index contributed by atoms with van der Waals surface area (Å²) < 4.78 is 5.25. The van der Waals surface area contributed by atoms with Gasteiger partial charge in [-0.1, -0.05) is 23.8 Å². The molecule has 102 valence electrons. The molecular weight excluding hydrogens is 226 g/mol. The highest BCUT2D eigenvalue weighted by atomic mass is 16.5. The van der Waals surface area contributed by atoms with E-state index in [4.69, 9.17) is 4.74 Å². The maximum Gasteiger partial charge on any atom is 0.0916 e. The summed E-state index contributed by atoms with van der Waals surface area (Å²) in [7, 11) is 0. The van der Waals surface area contributed by atoms with E-state index in [-0.39, 0.29) is 0 Å². The zero-order chi connectivity index (χ0) is 13.4. The molecule has 1 rings (SSSR count). The number of rotatable bonds is 8. The van der Waals surface area contributed by atoms with Crippen LogP contribution in [-0.2, 0) is 4.74 Å². The monoisotopic (exact) mass is 251 g/mol. The molecule has 2 N–H and O–H groups in total. The molecular formula is C15H25NO2. The predicted octanol–water partition coefficient (Wildman–Crippen LogP) is 2.35. The van der Waals surface area contributed by atoms with Gasteiger partial charge in [0.05, 0.1) is 6.10 Å². The van der Waals surface area contributed by atoms with Crippen LogP contribution in [-0.4, -0.2) is 31.4 Å². The maximum atomic E-state index is 10.1. The first kappa shape index (κ1) is 15.2. The first-order chi connectivity index (χ1) is 8.65. The lowest BCUT2D eigenvalue weighted by molar-refractivity contribution is 0.140. The minimum atomic E-state index is -0.433. The summed E-state index contributed by atoms with van der Waals surface area (Å²) in [6.07, 6.45) is 0.547. The molecule has 0 amide bonds. The average molecular weight is 251 g/mol. The van der Waals surface area contributed by atoms with Gasteiger partial charge in [-0.2, -0.15) is 0 Å². The van der Waals surface area contributed by atoms with Crippen molar-refractivity contribution in [3.63, 3.8) is 0 Å². The van der Waals surface area contributed by atoms with E-state index in [0.29, 0.717) is 6.54 Å². The van der Waals surface area contributed by atoms with Crippen LogP contribution in [0.15, 0.2) is 18.2 Å². The van der Waals surface area contributed by atoms with Gasteiger partial charge >= 0.3 is 0 Å². The Kier molecular flexibility index (Phi) is 6.94. The highest BCUT2D eigenvalue weighted by molar-refractivity contribution is 5.32. The van der Waals surface area contributed by atoms with Crippen molar-refractivity contribution in [3.8, 4) is 0 Å². The van der Waals surface area contributed by atoms with Crippen molar-refractivity contribution in [2.75, 3.05) is 26.3 Å². The topological polar surface area (TPSA) is 41.5 Å². The first-order valence-corrected chi connectivity index (χ1v) is 6.68. The lowest BCUT2D eigenvalue weighted by Gasteiger charge is -2.15. The zero-order valence-electron chi connectivity index (χ0n) is 11.7. The Labute approximate surface area is 110 Å². The van der Waals surface area contributed by atoms with Gasteiger partial charge in [0.25, 0.3) is 0 Å². The van der Waals surface area contributed by atoms with Crippen molar-refractivity contribution < 1.29 is 9.84 Å². The van der Waals surface area contributed by atoms with Crippen LogP contribution < -0.4 is 5.32 Å². The number of benzene rings is 1. The van der Waals surface area contributed by atoms with Crippen molar-refractivity contribution in [1.29, 1.82) is 0 Å². The summed E-state index contributed by atoms with van der Waals surface area (Å²) in [6, 6.07) is 6.16. The Morgan fingerprint density at radius 1 is 1.33 bits per heavy atom. The van der Waals surface area contributed by atoms with E-state index < -0.39 is 6.10 Å². The van der Waals surface area contributed by atoms with Gasteiger partial charge in [0.1, 0.15) is 0 Å². The molecule has 0 fully saturated rings. The van der Waals surface area contributed by atoms with Crippen molar-refractivity contribution in [1.82, 2.24) is 5.32 Å². The fourth-order valence-corrected chi connectivity index (χ4v) is 1.99. The third-order valence-corrected chi connectivity index (χ3v) is 2.97. The Hall–Kier alpha value is -0.900. The number of hydrogen-bond acceptors (Lipinski definition) is 3. The van der Waals surface area contributed by atoms with E-state index in [2.05, 4.69) is 18.3 Å². The molecule has 0 saturated carbocycles. The van der Waals surface area contributed by atoms with E-state index >= 15 is 0 Å². The molecule has 0 aliphatic carbocycles. The van der Waals surface area contributed by atoms with E-state index in [0.717, 1.165) is 37.3 Å². The number of aryl methyl sites for hydroxylation is 2. The molecule has 0 aromatic heterocycles. The summed E-state index contributed by atoms with van der Waals surface area (Å²) in [5, 5.41) is 13.4. The fourth-order valence-electron chi connectivity index (χ4n) is 1.99. The second-order valence-corrected chi connectivity index (χ2v) is 4.63. The molecule has 18 heavy (non-hydrogen) atoms. The zero-order valence-corrected chi connectivity index (χ0v) is 11.7. The fraction of sp³-hybridized carbons (Fsp3) is 0.600. The quantitative estimate of drug-likeness (QED) is 0.697. The first-order valence-electron chi connectivity index (χ1n) is 6.68. The molecule has 1 atom stereocenters. The van der Waals surface area contributed by atoms with Gasteiger partial charge in [-0.3, -0.25) is 0 Å². The van der Waals surface area contributed by atoms with Crippen LogP contribution in [0, 0.1) is 13.8 Å². The summed E-state index contributed by atoms with van der Waals surface area (Å²) in [4.78, 5) is 0. The van der Waals surface area contributed by atoms with Crippen molar-refractivity contribution in [3.05, 3.63) is 34.9 Å². The summed E-state index contributed by atoms with van der Waals surface area (Å²) in [5.74, 6) is 0. The molecule has 3 nitrogen and oxygen atoms in total. The molecule has 1 aromatic rings. The Morgan fingerprint density at radius 2 is 2.11 bits per heavy atom. The van der Waals surface area contributed by atoms with Crippen molar-refractivity contribution >= 4 is 0 Å². The van der Waals surface area contributed by atoms with Crippen molar-refractivity contribution in [2.45, 2.75) is 33.3 Å². The number of ether oxygens (including phenoxy) is 1. The SMILES string of the molecule is CCOCCCNCC(O)c1ccc(C)cc1C. The second kappa shape index (κ2) is 8.25. The molecule has 0 radical (unpaired) electrons. The molecule has 0 aliphatic rings. The molecule has 1 unspecified atom stereocenters. The van der Waals surface area contributed by atoms with E-state index in [1.54, 1.807) is 0 Å². The van der Waals surface area contributed by atoms with Crippen LogP contribution in [0.1, 0.15) is 36.1 Å². The molecule has 0 heterocycles. The van der Waals surface area contributed by atoms with Gasteiger partial charge in [0.2, 0.25) is 0 Å². The van der Waals surface area contributed by atoms with Gasteiger partial charge in [0.15, 0.2) is 0 Å². The number of nitrogens with one attached hydrogen (secondary N) is 1. The Morgan fingerprint density at radius 3 is 2.78 bits per heavy atom. The Bertz CT molecular complexity index is 352. The molecule has 1 aromatic carbocycles. The van der Waals surface area contributed by atoms with E-state index in [9.17, 15) is 5.11 Å². The molecule has 0 aliphatic heterocycles. The highest BCUT2D eigenvalue weighted by Crippen LogP contribution is 2.18. The standard InChI is InChI=1S/C15H25NO2/c1-4-18-9-5-8-16-11-15(17)14-7-6-12(2)10-13(14)3/h6-7,10,15-17H,4-5,8-9,11H2,1-3H3. The van der Waals surface area contributed by atoms with Crippen LogP contribution >= 0.6 is 0 Å². The van der Waals surface area contributed by atoms with Crippen molar-refractivity contribution in [2.24, 2.45) is 0 Å². The van der Waals surface area contributed by atoms with Crippen LogP contribution in [0.2, 0.25) is 0 Å². The molecule has 3 heteroatoms. The summed E-state index contributed by atoms with van der Waals surface area (Å²) >= 11 is 0. The smallest absolute Gasteiger partial charge is 0.0916 e. The van der Waals surface area contributed by atoms with Crippen LogP contribution in [0.3, 0.4) is 0 Å². The third-order valence-electron chi connectivity index (χ3n) is 2.97. The van der Waals surface area contributed by atoms with Crippen LogP contribution in [0.25, 0.3) is 0 Å². The highest BCUT2D eigenvalue weighted by Gasteiger charge is 2.09. The van der Waals surface area contributed by atoms with Crippen LogP contribution in [0.5, 0.6) is 0 Å². The maximum absolute atomic E-state index is 10.1. The molecule has 0 saturated heterocycles. The van der Waals surface area contributed by atoms with E-state index in [1.165, 1.54) is 5.56 Å². The number of aliphatic hydroxyl groups is 1. The normalized spacial score (nSPS) is 12.7. The summed E-state index contributed by atoms with van der Waals surface area (Å²) in [5.41, 5.74) is 3.39. The lowest BCUT2D eigenvalue weighted by atomic mass is 10.0.